The number of hydrogen-bond donors (Lipinski definition) is 2. The summed E-state index contributed by atoms with van der Waals surface area (Å²) in [5, 5.41) is 12.8. The van der Waals surface area contributed by atoms with Crippen molar-refractivity contribution in [2.24, 2.45) is 0 Å². The molecule has 0 spiro atoms. The lowest BCUT2D eigenvalue weighted by atomic mass is 9.98. The molecule has 1 aliphatic heterocycles. The number of esters is 1. The first-order valence-electron chi connectivity index (χ1n) is 4.91. The van der Waals surface area contributed by atoms with Gasteiger partial charge in [-0.2, -0.15) is 0 Å². The van der Waals surface area contributed by atoms with E-state index in [0.717, 1.165) is 18.5 Å². The third-order valence-corrected chi connectivity index (χ3v) is 2.46. The minimum atomic E-state index is -0.431. The number of ether oxygens (including phenoxy) is 1. The lowest BCUT2D eigenvalue weighted by Gasteiger charge is -2.28. The number of halogens is 1. The highest BCUT2D eigenvalue weighted by Gasteiger charge is 2.19. The van der Waals surface area contributed by atoms with Gasteiger partial charge in [-0.1, -0.05) is 6.07 Å². The first-order chi connectivity index (χ1) is 7.16. The zero-order valence-corrected chi connectivity index (χ0v) is 9.71. The predicted molar refractivity (Wildman–Crippen MR) is 62.0 cm³/mol. The molecule has 2 rings (SSSR count). The highest BCUT2D eigenvalue weighted by Crippen LogP contribution is 2.32. The molecule has 0 aliphatic carbocycles. The van der Waals surface area contributed by atoms with Gasteiger partial charge in [-0.15, -0.1) is 12.4 Å². The molecule has 0 radical (unpaired) electrons. The van der Waals surface area contributed by atoms with Gasteiger partial charge < -0.3 is 15.2 Å². The fourth-order valence-corrected chi connectivity index (χ4v) is 1.57. The molecule has 2 N–H and O–H groups in total. The first-order valence-corrected chi connectivity index (χ1v) is 4.91. The molecule has 1 saturated heterocycles. The summed E-state index contributed by atoms with van der Waals surface area (Å²) in [5.74, 6) is -0.207. The van der Waals surface area contributed by atoms with Crippen molar-refractivity contribution in [3.05, 3.63) is 23.8 Å². The molecule has 0 bridgehead atoms. The van der Waals surface area contributed by atoms with Gasteiger partial charge in [0, 0.05) is 13.0 Å². The summed E-state index contributed by atoms with van der Waals surface area (Å²) in [4.78, 5) is 10.7. The number of carbonyl (C=O) groups excluding carboxylic acids is 1. The van der Waals surface area contributed by atoms with Crippen molar-refractivity contribution >= 4 is 18.4 Å². The third kappa shape index (κ3) is 2.65. The topological polar surface area (TPSA) is 58.6 Å². The minimum absolute atomic E-state index is 0. The number of benzene rings is 1. The minimum Gasteiger partial charge on any atom is -0.504 e. The standard InChI is InChI=1S/C11H13NO3.ClH/c1-7(13)15-11-3-2-8(6-10(11)14)9-4-5-12-9;/h2-3,6,9,12,14H,4-5H2,1H3;1H/t9-;/m0./s1. The Kier molecular flexibility index (Phi) is 4.15. The maximum atomic E-state index is 10.7. The Hall–Kier alpha value is -1.26. The van der Waals surface area contributed by atoms with Crippen LogP contribution in [0.25, 0.3) is 0 Å². The average Bonchev–Trinajstić information content (AvgIpc) is 2.06. The second kappa shape index (κ2) is 5.18. The molecule has 1 aromatic rings. The van der Waals surface area contributed by atoms with E-state index in [2.05, 4.69) is 5.32 Å². The van der Waals surface area contributed by atoms with Crippen LogP contribution in [-0.4, -0.2) is 17.6 Å². The van der Waals surface area contributed by atoms with Crippen molar-refractivity contribution in [3.63, 3.8) is 0 Å². The van der Waals surface area contributed by atoms with E-state index in [1.807, 2.05) is 6.07 Å². The van der Waals surface area contributed by atoms with Gasteiger partial charge in [0.25, 0.3) is 0 Å². The molecule has 1 aromatic carbocycles. The monoisotopic (exact) mass is 243 g/mol. The van der Waals surface area contributed by atoms with Crippen LogP contribution in [0.2, 0.25) is 0 Å². The highest BCUT2D eigenvalue weighted by atomic mass is 35.5. The summed E-state index contributed by atoms with van der Waals surface area (Å²) in [5.41, 5.74) is 1.02. The van der Waals surface area contributed by atoms with E-state index in [9.17, 15) is 9.90 Å². The van der Waals surface area contributed by atoms with Gasteiger partial charge in [0.2, 0.25) is 0 Å². The molecule has 1 fully saturated rings. The van der Waals surface area contributed by atoms with Gasteiger partial charge in [0.1, 0.15) is 0 Å². The Balaban J connectivity index is 0.00000128. The number of phenols is 1. The second-order valence-corrected chi connectivity index (χ2v) is 3.62. The van der Waals surface area contributed by atoms with Gasteiger partial charge in [-0.25, -0.2) is 0 Å². The lowest BCUT2D eigenvalue weighted by Crippen LogP contribution is -2.34. The summed E-state index contributed by atoms with van der Waals surface area (Å²) in [6.45, 7) is 2.32. The molecule has 1 atom stereocenters. The van der Waals surface area contributed by atoms with Gasteiger partial charge in [0.15, 0.2) is 11.5 Å². The molecule has 0 amide bonds. The van der Waals surface area contributed by atoms with Crippen LogP contribution in [0.15, 0.2) is 18.2 Å². The van der Waals surface area contributed by atoms with Crippen LogP contribution < -0.4 is 10.1 Å². The maximum absolute atomic E-state index is 10.7. The SMILES string of the molecule is CC(=O)Oc1ccc([C@@H]2CCN2)cc1O.Cl. The van der Waals surface area contributed by atoms with Crippen molar-refractivity contribution in [2.75, 3.05) is 6.54 Å². The normalized spacial score (nSPS) is 18.2. The Morgan fingerprint density at radius 2 is 2.25 bits per heavy atom. The molecular weight excluding hydrogens is 230 g/mol. The van der Waals surface area contributed by atoms with E-state index < -0.39 is 5.97 Å². The summed E-state index contributed by atoms with van der Waals surface area (Å²) in [6.07, 6.45) is 1.08. The lowest BCUT2D eigenvalue weighted by molar-refractivity contribution is -0.132. The van der Waals surface area contributed by atoms with E-state index >= 15 is 0 Å². The van der Waals surface area contributed by atoms with Gasteiger partial charge >= 0.3 is 5.97 Å². The summed E-state index contributed by atoms with van der Waals surface area (Å²) in [6, 6.07) is 5.43. The average molecular weight is 244 g/mol. The first kappa shape index (κ1) is 12.8. The van der Waals surface area contributed by atoms with Crippen LogP contribution in [0.4, 0.5) is 0 Å². The van der Waals surface area contributed by atoms with Gasteiger partial charge in [0.05, 0.1) is 0 Å². The quantitative estimate of drug-likeness (QED) is 0.614. The zero-order chi connectivity index (χ0) is 10.8. The Bertz CT molecular complexity index is 391. The number of carbonyl (C=O) groups is 1. The van der Waals surface area contributed by atoms with E-state index in [4.69, 9.17) is 4.74 Å². The Labute approximate surface area is 100 Å². The van der Waals surface area contributed by atoms with Crippen molar-refractivity contribution < 1.29 is 14.6 Å². The van der Waals surface area contributed by atoms with Crippen molar-refractivity contribution in [3.8, 4) is 11.5 Å². The fraction of sp³-hybridized carbons (Fsp3) is 0.364. The largest absolute Gasteiger partial charge is 0.504 e. The highest BCUT2D eigenvalue weighted by molar-refractivity contribution is 5.85. The van der Waals surface area contributed by atoms with Crippen molar-refractivity contribution in [2.45, 2.75) is 19.4 Å². The number of rotatable bonds is 2. The van der Waals surface area contributed by atoms with Gasteiger partial charge in [-0.3, -0.25) is 4.79 Å². The van der Waals surface area contributed by atoms with Crippen LogP contribution in [0.3, 0.4) is 0 Å². The molecule has 1 heterocycles. The second-order valence-electron chi connectivity index (χ2n) is 3.62. The number of hydrogen-bond acceptors (Lipinski definition) is 4. The fourth-order valence-electron chi connectivity index (χ4n) is 1.57. The molecule has 4 nitrogen and oxygen atoms in total. The van der Waals surface area contributed by atoms with Crippen LogP contribution in [0.5, 0.6) is 11.5 Å². The van der Waals surface area contributed by atoms with Crippen LogP contribution in [-0.2, 0) is 4.79 Å². The predicted octanol–water partition coefficient (Wildman–Crippen LogP) is 1.77. The smallest absolute Gasteiger partial charge is 0.308 e. The van der Waals surface area contributed by atoms with Crippen molar-refractivity contribution in [1.82, 2.24) is 5.32 Å². The molecule has 88 valence electrons. The number of aromatic hydroxyl groups is 1. The van der Waals surface area contributed by atoms with E-state index in [0.29, 0.717) is 6.04 Å². The van der Waals surface area contributed by atoms with Crippen molar-refractivity contribution in [1.29, 1.82) is 0 Å². The third-order valence-electron chi connectivity index (χ3n) is 2.46. The van der Waals surface area contributed by atoms with Crippen LogP contribution in [0.1, 0.15) is 24.9 Å². The molecular formula is C11H14ClNO3. The number of phenolic OH excluding ortho intramolecular Hbond substituents is 1. The maximum Gasteiger partial charge on any atom is 0.308 e. The summed E-state index contributed by atoms with van der Waals surface area (Å²) >= 11 is 0. The Morgan fingerprint density at radius 1 is 1.56 bits per heavy atom. The molecule has 16 heavy (non-hydrogen) atoms. The van der Waals surface area contributed by atoms with Crippen LogP contribution >= 0.6 is 12.4 Å². The van der Waals surface area contributed by atoms with Crippen LogP contribution in [0, 0.1) is 0 Å². The summed E-state index contributed by atoms with van der Waals surface area (Å²) < 4.78 is 4.82. The number of nitrogens with one attached hydrogen (secondary N) is 1. The molecule has 0 unspecified atom stereocenters. The molecule has 0 aromatic heterocycles. The summed E-state index contributed by atoms with van der Waals surface area (Å²) in [7, 11) is 0. The van der Waals surface area contributed by atoms with E-state index in [-0.39, 0.29) is 23.9 Å². The Morgan fingerprint density at radius 3 is 2.69 bits per heavy atom. The molecule has 0 saturated carbocycles. The molecule has 1 aliphatic rings. The van der Waals surface area contributed by atoms with Gasteiger partial charge in [-0.05, 0) is 30.7 Å². The molecule has 5 heteroatoms. The zero-order valence-electron chi connectivity index (χ0n) is 8.90. The van der Waals surface area contributed by atoms with E-state index in [1.54, 1.807) is 12.1 Å². The van der Waals surface area contributed by atoms with E-state index in [1.165, 1.54) is 6.92 Å².